The second-order valence-corrected chi connectivity index (χ2v) is 6.52. The highest BCUT2D eigenvalue weighted by Gasteiger charge is 2.03. The number of nitrogens with zero attached hydrogens (tertiary/aromatic N) is 1. The third kappa shape index (κ3) is 7.39. The van der Waals surface area contributed by atoms with Gasteiger partial charge in [-0.25, -0.2) is 0 Å². The summed E-state index contributed by atoms with van der Waals surface area (Å²) in [6.07, 6.45) is 1.80. The number of carbonyl (C=O) groups is 1. The standard InChI is InChI=1S/C19H26N4OS/c1-2-20-19(23-14-11-17-10-6-15-25-17)22-13-7-12-21-18(24)16-8-4-3-5-9-16/h3-6,8-10,15H,2,7,11-14H2,1H3,(H,21,24)(H2,20,22,23). The fourth-order valence-corrected chi connectivity index (χ4v) is 2.97. The van der Waals surface area contributed by atoms with Crippen molar-refractivity contribution in [3.63, 3.8) is 0 Å². The molecule has 0 aliphatic heterocycles. The Kier molecular flexibility index (Phi) is 8.55. The van der Waals surface area contributed by atoms with Gasteiger partial charge in [-0.3, -0.25) is 9.79 Å². The van der Waals surface area contributed by atoms with Crippen LogP contribution in [0.5, 0.6) is 0 Å². The minimum Gasteiger partial charge on any atom is -0.357 e. The van der Waals surface area contributed by atoms with Gasteiger partial charge in [0.2, 0.25) is 0 Å². The summed E-state index contributed by atoms with van der Waals surface area (Å²) < 4.78 is 0. The summed E-state index contributed by atoms with van der Waals surface area (Å²) in [5, 5.41) is 11.6. The molecule has 5 nitrogen and oxygen atoms in total. The first-order valence-corrected chi connectivity index (χ1v) is 9.55. The van der Waals surface area contributed by atoms with Gasteiger partial charge >= 0.3 is 0 Å². The first-order chi connectivity index (χ1) is 12.3. The van der Waals surface area contributed by atoms with Crippen molar-refractivity contribution in [2.75, 3.05) is 26.2 Å². The number of rotatable bonds is 9. The molecule has 1 aromatic carbocycles. The van der Waals surface area contributed by atoms with E-state index in [0.717, 1.165) is 31.9 Å². The number of carbonyl (C=O) groups excluding carboxylic acids is 1. The molecule has 0 bridgehead atoms. The minimum atomic E-state index is -0.0365. The zero-order valence-electron chi connectivity index (χ0n) is 14.6. The Morgan fingerprint density at radius 2 is 1.88 bits per heavy atom. The van der Waals surface area contributed by atoms with E-state index in [1.807, 2.05) is 30.3 Å². The van der Waals surface area contributed by atoms with Crippen molar-refractivity contribution in [3.8, 4) is 0 Å². The number of nitrogens with one attached hydrogen (secondary N) is 3. The molecule has 3 N–H and O–H groups in total. The van der Waals surface area contributed by atoms with Gasteiger partial charge in [0.05, 0.1) is 0 Å². The lowest BCUT2D eigenvalue weighted by Gasteiger charge is -2.11. The molecule has 2 rings (SSSR count). The topological polar surface area (TPSA) is 65.5 Å². The van der Waals surface area contributed by atoms with Crippen molar-refractivity contribution in [1.82, 2.24) is 16.0 Å². The lowest BCUT2D eigenvalue weighted by molar-refractivity contribution is 0.0953. The van der Waals surface area contributed by atoms with Crippen LogP contribution in [0, 0.1) is 0 Å². The monoisotopic (exact) mass is 358 g/mol. The van der Waals surface area contributed by atoms with E-state index < -0.39 is 0 Å². The largest absolute Gasteiger partial charge is 0.357 e. The molecule has 2 aromatic rings. The number of hydrogen-bond donors (Lipinski definition) is 3. The van der Waals surface area contributed by atoms with Crippen LogP contribution in [0.15, 0.2) is 52.8 Å². The van der Waals surface area contributed by atoms with E-state index >= 15 is 0 Å². The Labute approximate surface area is 153 Å². The molecule has 0 saturated carbocycles. The highest BCUT2D eigenvalue weighted by Crippen LogP contribution is 2.07. The third-order valence-electron chi connectivity index (χ3n) is 3.51. The third-order valence-corrected chi connectivity index (χ3v) is 4.45. The molecule has 0 aliphatic rings. The molecule has 0 spiro atoms. The summed E-state index contributed by atoms with van der Waals surface area (Å²) in [7, 11) is 0. The highest BCUT2D eigenvalue weighted by atomic mass is 32.1. The van der Waals surface area contributed by atoms with Crippen molar-refractivity contribution in [3.05, 3.63) is 58.3 Å². The maximum Gasteiger partial charge on any atom is 0.251 e. The summed E-state index contributed by atoms with van der Waals surface area (Å²) in [6.45, 7) is 5.03. The summed E-state index contributed by atoms with van der Waals surface area (Å²) in [4.78, 5) is 17.8. The van der Waals surface area contributed by atoms with Crippen LogP contribution in [0.2, 0.25) is 0 Å². The van der Waals surface area contributed by atoms with Crippen LogP contribution in [-0.2, 0) is 6.42 Å². The number of benzene rings is 1. The van der Waals surface area contributed by atoms with Gasteiger partial charge in [-0.2, -0.15) is 0 Å². The molecule has 0 atom stereocenters. The van der Waals surface area contributed by atoms with E-state index in [2.05, 4.69) is 45.4 Å². The van der Waals surface area contributed by atoms with Gasteiger partial charge in [0.25, 0.3) is 5.91 Å². The predicted molar refractivity (Wildman–Crippen MR) is 105 cm³/mol. The van der Waals surface area contributed by atoms with Gasteiger partial charge in [0.15, 0.2) is 5.96 Å². The van der Waals surface area contributed by atoms with Gasteiger partial charge in [-0.15, -0.1) is 11.3 Å². The average molecular weight is 359 g/mol. The number of amides is 1. The van der Waals surface area contributed by atoms with Crippen LogP contribution < -0.4 is 16.0 Å². The van der Waals surface area contributed by atoms with Crippen LogP contribution in [0.3, 0.4) is 0 Å². The summed E-state index contributed by atoms with van der Waals surface area (Å²) in [5.74, 6) is 0.791. The Bertz CT molecular complexity index is 641. The number of aliphatic imine (C=N–C) groups is 1. The first-order valence-electron chi connectivity index (χ1n) is 8.67. The highest BCUT2D eigenvalue weighted by molar-refractivity contribution is 7.09. The molecule has 1 amide bonds. The van der Waals surface area contributed by atoms with Crippen LogP contribution in [-0.4, -0.2) is 38.0 Å². The molecule has 0 aliphatic carbocycles. The zero-order valence-corrected chi connectivity index (χ0v) is 15.4. The van der Waals surface area contributed by atoms with E-state index in [1.54, 1.807) is 11.3 Å². The zero-order chi connectivity index (χ0) is 17.7. The van der Waals surface area contributed by atoms with Gasteiger partial charge < -0.3 is 16.0 Å². The lowest BCUT2D eigenvalue weighted by atomic mass is 10.2. The van der Waals surface area contributed by atoms with Gasteiger partial charge in [0, 0.05) is 36.6 Å². The smallest absolute Gasteiger partial charge is 0.251 e. The molecule has 6 heteroatoms. The molecule has 1 aromatic heterocycles. The molecule has 25 heavy (non-hydrogen) atoms. The fraction of sp³-hybridized carbons (Fsp3) is 0.368. The molecule has 134 valence electrons. The van der Waals surface area contributed by atoms with E-state index in [-0.39, 0.29) is 5.91 Å². The van der Waals surface area contributed by atoms with E-state index in [1.165, 1.54) is 4.88 Å². The molecule has 0 fully saturated rings. The van der Waals surface area contributed by atoms with Crippen LogP contribution in [0.25, 0.3) is 0 Å². The number of thiophene rings is 1. The van der Waals surface area contributed by atoms with Crippen molar-refractivity contribution >= 4 is 23.2 Å². The van der Waals surface area contributed by atoms with E-state index in [4.69, 9.17) is 0 Å². The molecule has 0 radical (unpaired) electrons. The quantitative estimate of drug-likeness (QED) is 0.367. The Balaban J connectivity index is 1.65. The molecule has 0 saturated heterocycles. The first kappa shape index (κ1) is 19.0. The molecule has 0 unspecified atom stereocenters. The normalized spacial score (nSPS) is 11.2. The van der Waals surface area contributed by atoms with Crippen LogP contribution in [0.1, 0.15) is 28.6 Å². The Hall–Kier alpha value is -2.34. The van der Waals surface area contributed by atoms with Crippen molar-refractivity contribution in [2.24, 2.45) is 4.99 Å². The maximum absolute atomic E-state index is 11.9. The fourth-order valence-electron chi connectivity index (χ4n) is 2.26. The lowest BCUT2D eigenvalue weighted by Crippen LogP contribution is -2.38. The van der Waals surface area contributed by atoms with Crippen LogP contribution in [0.4, 0.5) is 0 Å². The second-order valence-electron chi connectivity index (χ2n) is 5.49. The predicted octanol–water partition coefficient (Wildman–Crippen LogP) is 2.67. The van der Waals surface area contributed by atoms with Gasteiger partial charge in [-0.1, -0.05) is 24.3 Å². The van der Waals surface area contributed by atoms with Gasteiger partial charge in [0.1, 0.15) is 0 Å². The minimum absolute atomic E-state index is 0.0365. The van der Waals surface area contributed by atoms with Gasteiger partial charge in [-0.05, 0) is 43.3 Å². The van der Waals surface area contributed by atoms with Crippen LogP contribution >= 0.6 is 11.3 Å². The van der Waals surface area contributed by atoms with E-state index in [9.17, 15) is 4.79 Å². The Morgan fingerprint density at radius 1 is 1.04 bits per heavy atom. The average Bonchev–Trinajstić information content (AvgIpc) is 3.15. The molecular weight excluding hydrogens is 332 g/mol. The van der Waals surface area contributed by atoms with E-state index in [0.29, 0.717) is 18.7 Å². The summed E-state index contributed by atoms with van der Waals surface area (Å²) in [5.41, 5.74) is 0.689. The number of hydrogen-bond acceptors (Lipinski definition) is 3. The van der Waals surface area contributed by atoms with Crippen molar-refractivity contribution in [2.45, 2.75) is 19.8 Å². The molecule has 1 heterocycles. The second kappa shape index (κ2) is 11.3. The van der Waals surface area contributed by atoms with Crippen molar-refractivity contribution in [1.29, 1.82) is 0 Å². The summed E-state index contributed by atoms with van der Waals surface area (Å²) >= 11 is 1.77. The molecular formula is C19H26N4OS. The number of guanidine groups is 1. The SMILES string of the molecule is CCNC(=NCCCNC(=O)c1ccccc1)NCCc1cccs1. The summed E-state index contributed by atoms with van der Waals surface area (Å²) in [6, 6.07) is 13.5. The Morgan fingerprint density at radius 3 is 2.60 bits per heavy atom. The maximum atomic E-state index is 11.9. The van der Waals surface area contributed by atoms with Crippen molar-refractivity contribution < 1.29 is 4.79 Å².